The van der Waals surface area contributed by atoms with Gasteiger partial charge in [0.1, 0.15) is 11.5 Å². The van der Waals surface area contributed by atoms with Crippen LogP contribution in [0, 0.1) is 18.3 Å². The van der Waals surface area contributed by atoms with E-state index in [-0.39, 0.29) is 18.2 Å². The maximum Gasteiger partial charge on any atom is 0.310 e. The number of nitrogens with zero attached hydrogens (tertiary/aromatic N) is 2. The van der Waals surface area contributed by atoms with Crippen LogP contribution in [0.15, 0.2) is 34.9 Å². The average Bonchev–Trinajstić information content (AvgIpc) is 3.10. The summed E-state index contributed by atoms with van der Waals surface area (Å²) in [7, 11) is 0. The first kappa shape index (κ1) is 19.1. The Morgan fingerprint density at radius 1 is 1.26 bits per heavy atom. The van der Waals surface area contributed by atoms with Crippen LogP contribution in [0.4, 0.5) is 0 Å². The molecule has 144 valence electrons. The summed E-state index contributed by atoms with van der Waals surface area (Å²) in [6, 6.07) is 9.71. The average molecular weight is 370 g/mol. The van der Waals surface area contributed by atoms with E-state index in [9.17, 15) is 14.7 Å². The van der Waals surface area contributed by atoms with Gasteiger partial charge in [-0.3, -0.25) is 9.59 Å². The Morgan fingerprint density at radius 2 is 1.93 bits per heavy atom. The first-order chi connectivity index (χ1) is 12.8. The SMILES string of the molecule is Cc1ccccc1-c1cc(CC2(C(=O)O)CCN(C(=O)C(C)C)CC2)on1. The Kier molecular flexibility index (Phi) is 5.35. The lowest BCUT2D eigenvalue weighted by Gasteiger charge is -2.39. The number of carbonyl (C=O) groups excluding carboxylic acids is 1. The van der Waals surface area contributed by atoms with Gasteiger partial charge in [-0.25, -0.2) is 0 Å². The summed E-state index contributed by atoms with van der Waals surface area (Å²) in [6.45, 7) is 6.65. The van der Waals surface area contributed by atoms with Crippen LogP contribution in [0.1, 0.15) is 38.0 Å². The molecule has 1 aliphatic rings. The summed E-state index contributed by atoms with van der Waals surface area (Å²) in [6.07, 6.45) is 1.12. The Bertz CT molecular complexity index is 832. The molecule has 1 N–H and O–H groups in total. The standard InChI is InChI=1S/C21H26N2O4/c1-14(2)19(24)23-10-8-21(9-11-23,20(25)26)13-16-12-18(22-27-16)17-7-5-4-6-15(17)3/h4-7,12,14H,8-11,13H2,1-3H3,(H,25,26). The highest BCUT2D eigenvalue weighted by Gasteiger charge is 2.43. The van der Waals surface area contributed by atoms with Crippen LogP contribution in [0.3, 0.4) is 0 Å². The van der Waals surface area contributed by atoms with Gasteiger partial charge >= 0.3 is 5.97 Å². The predicted molar refractivity (Wildman–Crippen MR) is 101 cm³/mol. The van der Waals surface area contributed by atoms with E-state index in [2.05, 4.69) is 5.16 Å². The minimum atomic E-state index is -0.920. The van der Waals surface area contributed by atoms with Gasteiger partial charge in [0.2, 0.25) is 5.91 Å². The molecular formula is C21H26N2O4. The van der Waals surface area contributed by atoms with Crippen molar-refractivity contribution in [2.24, 2.45) is 11.3 Å². The Morgan fingerprint density at radius 3 is 2.52 bits per heavy atom. The van der Waals surface area contributed by atoms with Crippen molar-refractivity contribution in [2.75, 3.05) is 13.1 Å². The molecule has 0 radical (unpaired) electrons. The van der Waals surface area contributed by atoms with Crippen molar-refractivity contribution in [3.05, 3.63) is 41.7 Å². The summed E-state index contributed by atoms with van der Waals surface area (Å²) in [5, 5.41) is 14.0. The van der Waals surface area contributed by atoms with Crippen LogP contribution in [0.5, 0.6) is 0 Å². The van der Waals surface area contributed by atoms with Crippen LogP contribution >= 0.6 is 0 Å². The molecule has 0 saturated carbocycles. The van der Waals surface area contributed by atoms with E-state index in [1.165, 1.54) is 0 Å². The minimum Gasteiger partial charge on any atom is -0.481 e. The Balaban J connectivity index is 1.76. The number of likely N-dealkylation sites (tertiary alicyclic amines) is 1. The summed E-state index contributed by atoms with van der Waals surface area (Å²) in [4.78, 5) is 26.0. The molecule has 0 aliphatic carbocycles. The van der Waals surface area contributed by atoms with Crippen LogP contribution in [0.25, 0.3) is 11.3 Å². The lowest BCUT2D eigenvalue weighted by Crippen LogP contribution is -2.48. The molecule has 3 rings (SSSR count). The summed E-state index contributed by atoms with van der Waals surface area (Å²) < 4.78 is 5.47. The molecule has 1 saturated heterocycles. The van der Waals surface area contributed by atoms with Gasteiger partial charge in [-0.1, -0.05) is 43.3 Å². The van der Waals surface area contributed by atoms with Gasteiger partial charge in [0.25, 0.3) is 0 Å². The van der Waals surface area contributed by atoms with Gasteiger partial charge in [0.15, 0.2) is 0 Å². The number of hydrogen-bond donors (Lipinski definition) is 1. The zero-order valence-electron chi connectivity index (χ0n) is 16.1. The van der Waals surface area contributed by atoms with E-state index < -0.39 is 11.4 Å². The van der Waals surface area contributed by atoms with Crippen LogP contribution in [-0.4, -0.2) is 40.1 Å². The number of rotatable bonds is 5. The lowest BCUT2D eigenvalue weighted by atomic mass is 9.75. The van der Waals surface area contributed by atoms with Gasteiger partial charge < -0.3 is 14.5 Å². The molecule has 1 fully saturated rings. The molecule has 27 heavy (non-hydrogen) atoms. The van der Waals surface area contributed by atoms with Crippen molar-refractivity contribution in [2.45, 2.75) is 40.0 Å². The molecule has 2 heterocycles. The monoisotopic (exact) mass is 370 g/mol. The van der Waals surface area contributed by atoms with Gasteiger partial charge in [0, 0.05) is 37.1 Å². The second-order valence-corrected chi connectivity index (χ2v) is 7.74. The first-order valence-electron chi connectivity index (χ1n) is 9.36. The molecule has 1 aromatic heterocycles. The van der Waals surface area contributed by atoms with Gasteiger partial charge in [0.05, 0.1) is 5.41 Å². The zero-order chi connectivity index (χ0) is 19.6. The van der Waals surface area contributed by atoms with Crippen molar-refractivity contribution in [1.29, 1.82) is 0 Å². The number of carbonyl (C=O) groups is 2. The largest absolute Gasteiger partial charge is 0.481 e. The number of aromatic nitrogens is 1. The fraction of sp³-hybridized carbons (Fsp3) is 0.476. The van der Waals surface area contributed by atoms with Gasteiger partial charge in [-0.2, -0.15) is 0 Å². The minimum absolute atomic E-state index is 0.0757. The number of amides is 1. The van der Waals surface area contributed by atoms with Crippen molar-refractivity contribution < 1.29 is 19.2 Å². The zero-order valence-corrected chi connectivity index (χ0v) is 16.1. The second-order valence-electron chi connectivity index (χ2n) is 7.74. The third kappa shape index (κ3) is 3.89. The first-order valence-corrected chi connectivity index (χ1v) is 9.36. The predicted octanol–water partition coefficient (Wildman–Crippen LogP) is 3.54. The van der Waals surface area contributed by atoms with E-state index in [0.29, 0.717) is 31.7 Å². The topological polar surface area (TPSA) is 83.6 Å². The molecule has 1 aromatic carbocycles. The molecule has 6 heteroatoms. The fourth-order valence-corrected chi connectivity index (χ4v) is 3.70. The highest BCUT2D eigenvalue weighted by atomic mass is 16.5. The van der Waals surface area contributed by atoms with Crippen LogP contribution in [0.2, 0.25) is 0 Å². The number of aryl methyl sites for hydroxylation is 1. The molecule has 2 aromatic rings. The number of carboxylic acids is 1. The fourth-order valence-electron chi connectivity index (χ4n) is 3.70. The summed E-state index contributed by atoms with van der Waals surface area (Å²) in [5.74, 6) is -0.268. The molecule has 1 amide bonds. The number of hydrogen-bond acceptors (Lipinski definition) is 4. The van der Waals surface area contributed by atoms with Crippen LogP contribution in [-0.2, 0) is 16.0 Å². The molecule has 6 nitrogen and oxygen atoms in total. The van der Waals surface area contributed by atoms with E-state index >= 15 is 0 Å². The molecule has 0 spiro atoms. The quantitative estimate of drug-likeness (QED) is 0.870. The third-order valence-corrected chi connectivity index (χ3v) is 5.47. The van der Waals surface area contributed by atoms with E-state index in [0.717, 1.165) is 16.8 Å². The number of aliphatic carboxylic acids is 1. The normalized spacial score (nSPS) is 16.5. The van der Waals surface area contributed by atoms with Gasteiger partial charge in [-0.15, -0.1) is 0 Å². The summed E-state index contributed by atoms with van der Waals surface area (Å²) >= 11 is 0. The molecule has 0 atom stereocenters. The lowest BCUT2D eigenvalue weighted by molar-refractivity contribution is -0.155. The van der Waals surface area contributed by atoms with Crippen molar-refractivity contribution in [1.82, 2.24) is 10.1 Å². The van der Waals surface area contributed by atoms with Crippen molar-refractivity contribution >= 4 is 11.9 Å². The van der Waals surface area contributed by atoms with Crippen LogP contribution < -0.4 is 0 Å². The molecule has 0 unspecified atom stereocenters. The van der Waals surface area contributed by atoms with E-state index in [4.69, 9.17) is 4.52 Å². The maximum absolute atomic E-state index is 12.2. The Hall–Kier alpha value is -2.63. The van der Waals surface area contributed by atoms with Crippen molar-refractivity contribution in [3.63, 3.8) is 0 Å². The molecular weight excluding hydrogens is 344 g/mol. The molecule has 0 bridgehead atoms. The summed E-state index contributed by atoms with van der Waals surface area (Å²) in [5.41, 5.74) is 1.87. The maximum atomic E-state index is 12.2. The van der Waals surface area contributed by atoms with Crippen molar-refractivity contribution in [3.8, 4) is 11.3 Å². The molecule has 1 aliphatic heterocycles. The van der Waals surface area contributed by atoms with E-state index in [1.54, 1.807) is 4.90 Å². The second kappa shape index (κ2) is 7.55. The highest BCUT2D eigenvalue weighted by molar-refractivity contribution is 5.79. The smallest absolute Gasteiger partial charge is 0.310 e. The van der Waals surface area contributed by atoms with Gasteiger partial charge in [-0.05, 0) is 25.3 Å². The third-order valence-electron chi connectivity index (χ3n) is 5.47. The Labute approximate surface area is 159 Å². The number of benzene rings is 1. The number of carboxylic acid groups (broad SMARTS) is 1. The number of piperidine rings is 1. The van der Waals surface area contributed by atoms with E-state index in [1.807, 2.05) is 51.1 Å². The highest BCUT2D eigenvalue weighted by Crippen LogP contribution is 2.37.